The van der Waals surface area contributed by atoms with E-state index in [9.17, 15) is 0 Å². The fraction of sp³-hybridized carbons (Fsp3) is 0.0222. The first-order valence-electron chi connectivity index (χ1n) is 16.5. The zero-order chi connectivity index (χ0) is 32.9. The molecule has 0 spiro atoms. The maximum absolute atomic E-state index is 5.20. The van der Waals surface area contributed by atoms with Gasteiger partial charge < -0.3 is 9.55 Å². The third-order valence-electron chi connectivity index (χ3n) is 9.53. The number of rotatable bonds is 6. The molecule has 0 aliphatic rings. The summed E-state index contributed by atoms with van der Waals surface area (Å²) in [6, 6.07) is 53.0. The molecule has 6 aromatic carbocycles. The van der Waals surface area contributed by atoms with E-state index < -0.39 is 0 Å². The van der Waals surface area contributed by atoms with Crippen LogP contribution in [-0.4, -0.2) is 19.5 Å². The summed E-state index contributed by atoms with van der Waals surface area (Å²) >= 11 is 0. The minimum Gasteiger partial charge on any atom is -0.354 e. The van der Waals surface area contributed by atoms with Crippen LogP contribution in [0.5, 0.6) is 0 Å². The quantitative estimate of drug-likeness (QED) is 0.199. The molecule has 0 amide bonds. The molecule has 0 aliphatic heterocycles. The van der Waals surface area contributed by atoms with Gasteiger partial charge in [-0.2, -0.15) is 0 Å². The summed E-state index contributed by atoms with van der Waals surface area (Å²) in [5, 5.41) is 3.50. The third-order valence-corrected chi connectivity index (χ3v) is 9.53. The van der Waals surface area contributed by atoms with Crippen LogP contribution in [0.3, 0.4) is 0 Å². The highest BCUT2D eigenvalue weighted by atomic mass is 15.0. The molecule has 0 atom stereocenters. The maximum atomic E-state index is 5.20. The Morgan fingerprint density at radius 1 is 0.571 bits per heavy atom. The van der Waals surface area contributed by atoms with Crippen molar-refractivity contribution in [1.82, 2.24) is 19.5 Å². The summed E-state index contributed by atoms with van der Waals surface area (Å²) in [5.74, 6) is 0.703. The highest BCUT2D eigenvalue weighted by Gasteiger charge is 2.19. The molecule has 3 aromatic heterocycles. The van der Waals surface area contributed by atoms with E-state index in [1.165, 1.54) is 22.0 Å². The molecule has 232 valence electrons. The van der Waals surface area contributed by atoms with Gasteiger partial charge in [0.15, 0.2) is 5.82 Å². The first kappa shape index (κ1) is 28.7. The highest BCUT2D eigenvalue weighted by Crippen LogP contribution is 2.42. The lowest BCUT2D eigenvalue weighted by molar-refractivity contribution is 1.05. The predicted molar refractivity (Wildman–Crippen MR) is 205 cm³/mol. The molecule has 4 nitrogen and oxygen atoms in total. The number of para-hydroxylation sites is 1. The molecule has 4 heteroatoms. The van der Waals surface area contributed by atoms with Crippen LogP contribution in [0.2, 0.25) is 0 Å². The van der Waals surface area contributed by atoms with Crippen LogP contribution in [0.15, 0.2) is 158 Å². The SMILES string of the molecule is C=Cc1c(C)n(-c2ccccc2)c2ccc(-c3cccc4[nH]c5cccc(-c6cc(-c7ccccc7)nc(-c7ccccc7)n6)c5c34)cc12. The second-order valence-electron chi connectivity index (χ2n) is 12.4. The van der Waals surface area contributed by atoms with E-state index in [0.29, 0.717) is 5.82 Å². The summed E-state index contributed by atoms with van der Waals surface area (Å²) in [6.07, 6.45) is 1.98. The van der Waals surface area contributed by atoms with Crippen molar-refractivity contribution in [3.8, 4) is 50.7 Å². The zero-order valence-electron chi connectivity index (χ0n) is 27.1. The summed E-state index contributed by atoms with van der Waals surface area (Å²) in [6.45, 7) is 6.38. The molecule has 0 saturated heterocycles. The van der Waals surface area contributed by atoms with Crippen LogP contribution in [0, 0.1) is 6.92 Å². The van der Waals surface area contributed by atoms with Gasteiger partial charge in [-0.1, -0.05) is 122 Å². The number of nitrogens with zero attached hydrogens (tertiary/aromatic N) is 3. The molecule has 0 aliphatic carbocycles. The Balaban J connectivity index is 1.29. The Bertz CT molecular complexity index is 2610. The summed E-state index contributed by atoms with van der Waals surface area (Å²) in [4.78, 5) is 14.0. The molecule has 9 aromatic rings. The number of fused-ring (bicyclic) bond motifs is 4. The number of H-pyrrole nitrogens is 1. The van der Waals surface area contributed by atoms with Crippen molar-refractivity contribution in [3.63, 3.8) is 0 Å². The number of benzene rings is 6. The van der Waals surface area contributed by atoms with Crippen molar-refractivity contribution in [2.75, 3.05) is 0 Å². The first-order valence-corrected chi connectivity index (χ1v) is 16.5. The van der Waals surface area contributed by atoms with Gasteiger partial charge in [-0.15, -0.1) is 0 Å². The van der Waals surface area contributed by atoms with E-state index >= 15 is 0 Å². The van der Waals surface area contributed by atoms with Crippen molar-refractivity contribution < 1.29 is 0 Å². The van der Waals surface area contributed by atoms with E-state index in [4.69, 9.17) is 9.97 Å². The van der Waals surface area contributed by atoms with E-state index in [1.54, 1.807) is 0 Å². The molecular formula is C45H32N4. The van der Waals surface area contributed by atoms with Crippen LogP contribution in [0.1, 0.15) is 11.3 Å². The molecule has 3 heterocycles. The Labute approximate surface area is 284 Å². The van der Waals surface area contributed by atoms with Crippen LogP contribution >= 0.6 is 0 Å². The van der Waals surface area contributed by atoms with E-state index in [2.05, 4.69) is 150 Å². The van der Waals surface area contributed by atoms with Crippen molar-refractivity contribution in [2.45, 2.75) is 6.92 Å². The number of hydrogen-bond acceptors (Lipinski definition) is 2. The van der Waals surface area contributed by atoms with Gasteiger partial charge in [0.2, 0.25) is 0 Å². The smallest absolute Gasteiger partial charge is 0.160 e. The van der Waals surface area contributed by atoms with E-state index in [-0.39, 0.29) is 0 Å². The average molecular weight is 629 g/mol. The molecule has 0 fully saturated rings. The average Bonchev–Trinajstić information content (AvgIpc) is 3.69. The molecule has 0 unspecified atom stereocenters. The van der Waals surface area contributed by atoms with Crippen molar-refractivity contribution in [1.29, 1.82) is 0 Å². The Hall–Kier alpha value is -6.52. The van der Waals surface area contributed by atoms with Crippen LogP contribution in [0.25, 0.3) is 89.5 Å². The van der Waals surface area contributed by atoms with E-state index in [0.717, 1.165) is 66.8 Å². The molecule has 1 N–H and O–H groups in total. The highest BCUT2D eigenvalue weighted by molar-refractivity contribution is 6.19. The maximum Gasteiger partial charge on any atom is 0.160 e. The van der Waals surface area contributed by atoms with Crippen LogP contribution in [-0.2, 0) is 0 Å². The van der Waals surface area contributed by atoms with Gasteiger partial charge in [0.05, 0.1) is 16.9 Å². The largest absolute Gasteiger partial charge is 0.354 e. The number of aromatic amines is 1. The minimum atomic E-state index is 0.703. The van der Waals surface area contributed by atoms with Gasteiger partial charge in [-0.3, -0.25) is 0 Å². The Kier molecular flexibility index (Phi) is 6.80. The van der Waals surface area contributed by atoms with Gasteiger partial charge in [-0.05, 0) is 60.5 Å². The first-order chi connectivity index (χ1) is 24.2. The zero-order valence-corrected chi connectivity index (χ0v) is 27.1. The monoisotopic (exact) mass is 628 g/mol. The summed E-state index contributed by atoms with van der Waals surface area (Å²) < 4.78 is 2.32. The molecule has 49 heavy (non-hydrogen) atoms. The van der Waals surface area contributed by atoms with E-state index in [1.807, 2.05) is 30.3 Å². The fourth-order valence-electron chi connectivity index (χ4n) is 7.29. The molecule has 0 bridgehead atoms. The third kappa shape index (κ3) is 4.77. The number of hydrogen-bond donors (Lipinski definition) is 1. The lowest BCUT2D eigenvalue weighted by atomic mass is 9.95. The number of aromatic nitrogens is 4. The Morgan fingerprint density at radius 2 is 1.18 bits per heavy atom. The molecule has 0 radical (unpaired) electrons. The second kappa shape index (κ2) is 11.6. The van der Waals surface area contributed by atoms with Crippen LogP contribution < -0.4 is 0 Å². The van der Waals surface area contributed by atoms with Gasteiger partial charge >= 0.3 is 0 Å². The van der Waals surface area contributed by atoms with Crippen molar-refractivity contribution >= 4 is 38.8 Å². The normalized spacial score (nSPS) is 11.4. The predicted octanol–water partition coefficient (Wildman–Crippen LogP) is 11.7. The second-order valence-corrected chi connectivity index (χ2v) is 12.4. The summed E-state index contributed by atoms with van der Waals surface area (Å²) in [5.41, 5.74) is 14.0. The minimum absolute atomic E-state index is 0.703. The molecular weight excluding hydrogens is 597 g/mol. The molecule has 9 rings (SSSR count). The topological polar surface area (TPSA) is 46.5 Å². The molecule has 0 saturated carbocycles. The number of nitrogens with one attached hydrogen (secondary N) is 1. The fourth-order valence-corrected chi connectivity index (χ4v) is 7.29. The standard InChI is InChI=1S/C45H32N4/c1-3-34-29(2)49(33-19-11-6-12-20-33)42-26-25-32(27-37(34)42)35-21-13-23-38-43(35)44-36(22-14-24-39(44)46-38)41-28-40(30-15-7-4-8-16-30)47-45(48-41)31-17-9-5-10-18-31/h3-28,46H,1H2,2H3. The summed E-state index contributed by atoms with van der Waals surface area (Å²) in [7, 11) is 0. The lowest BCUT2D eigenvalue weighted by Gasteiger charge is -2.12. The Morgan fingerprint density at radius 3 is 1.88 bits per heavy atom. The lowest BCUT2D eigenvalue weighted by Crippen LogP contribution is -1.96. The van der Waals surface area contributed by atoms with Gasteiger partial charge in [0.1, 0.15) is 0 Å². The van der Waals surface area contributed by atoms with Crippen LogP contribution in [0.4, 0.5) is 0 Å². The van der Waals surface area contributed by atoms with Crippen molar-refractivity contribution in [3.05, 3.63) is 169 Å². The van der Waals surface area contributed by atoms with Gasteiger partial charge in [-0.25, -0.2) is 9.97 Å². The van der Waals surface area contributed by atoms with Crippen molar-refractivity contribution in [2.24, 2.45) is 0 Å². The van der Waals surface area contributed by atoms with Gasteiger partial charge in [0, 0.05) is 60.8 Å². The van der Waals surface area contributed by atoms with Gasteiger partial charge in [0.25, 0.3) is 0 Å².